The molecule has 4 rings (SSSR count). The molecule has 144 valence electrons. The Hall–Kier alpha value is -3.12. The van der Waals surface area contributed by atoms with Gasteiger partial charge in [0.2, 0.25) is 5.91 Å². The molecular formula is C22H24N4O2. The second-order valence-electron chi connectivity index (χ2n) is 6.97. The zero-order chi connectivity index (χ0) is 19.5. The minimum absolute atomic E-state index is 0.131. The summed E-state index contributed by atoms with van der Waals surface area (Å²) in [6, 6.07) is 15.9. The van der Waals surface area contributed by atoms with E-state index in [9.17, 15) is 4.79 Å². The van der Waals surface area contributed by atoms with Gasteiger partial charge in [0.25, 0.3) is 0 Å². The topological polar surface area (TPSA) is 50.6 Å². The lowest BCUT2D eigenvalue weighted by molar-refractivity contribution is -0.125. The first kappa shape index (κ1) is 18.3. The van der Waals surface area contributed by atoms with Crippen LogP contribution >= 0.6 is 0 Å². The van der Waals surface area contributed by atoms with Gasteiger partial charge in [-0.15, -0.1) is 0 Å². The first-order valence-corrected chi connectivity index (χ1v) is 9.42. The van der Waals surface area contributed by atoms with Crippen LogP contribution in [-0.4, -0.2) is 46.6 Å². The molecule has 1 aliphatic rings. The number of hydrogen-bond acceptors (Lipinski definition) is 4. The van der Waals surface area contributed by atoms with Gasteiger partial charge in [0.05, 0.1) is 19.5 Å². The molecule has 0 N–H and O–H groups in total. The maximum absolute atomic E-state index is 12.9. The molecule has 0 bridgehead atoms. The van der Waals surface area contributed by atoms with Gasteiger partial charge < -0.3 is 14.2 Å². The Labute approximate surface area is 165 Å². The van der Waals surface area contributed by atoms with Gasteiger partial charge in [-0.2, -0.15) is 0 Å². The van der Waals surface area contributed by atoms with E-state index < -0.39 is 0 Å². The number of carbonyl (C=O) groups is 1. The van der Waals surface area contributed by atoms with Gasteiger partial charge in [0.15, 0.2) is 0 Å². The van der Waals surface area contributed by atoms with Crippen LogP contribution in [0.5, 0.6) is 5.75 Å². The molecule has 1 aromatic heterocycles. The molecule has 28 heavy (non-hydrogen) atoms. The molecule has 1 atom stereocenters. The van der Waals surface area contributed by atoms with E-state index in [1.54, 1.807) is 19.6 Å². The molecule has 0 spiro atoms. The van der Waals surface area contributed by atoms with Crippen molar-refractivity contribution in [2.45, 2.75) is 19.5 Å². The van der Waals surface area contributed by atoms with Gasteiger partial charge in [0.1, 0.15) is 5.75 Å². The number of aromatic nitrogens is 2. The fraction of sp³-hybridized carbons (Fsp3) is 0.273. The number of amides is 1. The molecule has 2 aromatic carbocycles. The Morgan fingerprint density at radius 3 is 2.39 bits per heavy atom. The second-order valence-corrected chi connectivity index (χ2v) is 6.97. The van der Waals surface area contributed by atoms with E-state index in [0.717, 1.165) is 30.2 Å². The zero-order valence-corrected chi connectivity index (χ0v) is 16.2. The predicted octanol–water partition coefficient (Wildman–Crippen LogP) is 3.12. The van der Waals surface area contributed by atoms with E-state index in [0.29, 0.717) is 6.54 Å². The van der Waals surface area contributed by atoms with E-state index in [1.165, 1.54) is 5.56 Å². The normalized spacial score (nSPS) is 17.7. The van der Waals surface area contributed by atoms with Gasteiger partial charge in [-0.3, -0.25) is 9.69 Å². The standard InChI is InChI=1S/C22H24N4O2/c1-17-22(27)26(20-7-9-21(28-2)10-8-20)14-13-24(17)15-18-3-5-19(6-4-18)25-12-11-23-16-25/h3-12,16-17H,13-15H2,1-2H3/t17-/m1/s1. The van der Waals surface area contributed by atoms with Crippen molar-refractivity contribution in [3.63, 3.8) is 0 Å². The van der Waals surface area contributed by atoms with Crippen LogP contribution in [-0.2, 0) is 11.3 Å². The average Bonchev–Trinajstić information content (AvgIpc) is 3.27. The van der Waals surface area contributed by atoms with Crippen LogP contribution in [0.3, 0.4) is 0 Å². The van der Waals surface area contributed by atoms with Gasteiger partial charge in [-0.1, -0.05) is 12.1 Å². The third kappa shape index (κ3) is 3.64. The van der Waals surface area contributed by atoms with Crippen molar-refractivity contribution < 1.29 is 9.53 Å². The monoisotopic (exact) mass is 376 g/mol. The molecule has 1 fully saturated rings. The molecule has 2 heterocycles. The summed E-state index contributed by atoms with van der Waals surface area (Å²) in [5.41, 5.74) is 3.19. The van der Waals surface area contributed by atoms with Crippen molar-refractivity contribution in [2.24, 2.45) is 0 Å². The maximum Gasteiger partial charge on any atom is 0.244 e. The quantitative estimate of drug-likeness (QED) is 0.687. The van der Waals surface area contributed by atoms with Crippen LogP contribution in [0.15, 0.2) is 67.3 Å². The summed E-state index contributed by atoms with van der Waals surface area (Å²) in [4.78, 5) is 21.1. The number of hydrogen-bond donors (Lipinski definition) is 0. The number of anilines is 1. The molecule has 0 saturated carbocycles. The Morgan fingerprint density at radius 2 is 1.75 bits per heavy atom. The molecule has 6 heteroatoms. The molecule has 1 aliphatic heterocycles. The SMILES string of the molecule is COc1ccc(N2CCN(Cc3ccc(-n4ccnc4)cc3)[C@H](C)C2=O)cc1. The van der Waals surface area contributed by atoms with Gasteiger partial charge >= 0.3 is 0 Å². The zero-order valence-electron chi connectivity index (χ0n) is 16.2. The van der Waals surface area contributed by atoms with Crippen LogP contribution < -0.4 is 9.64 Å². The molecule has 3 aromatic rings. The summed E-state index contributed by atoms with van der Waals surface area (Å²) in [6.45, 7) is 4.26. The van der Waals surface area contributed by atoms with Crippen molar-refractivity contribution in [1.82, 2.24) is 14.5 Å². The van der Waals surface area contributed by atoms with Crippen molar-refractivity contribution in [1.29, 1.82) is 0 Å². The maximum atomic E-state index is 12.9. The molecule has 1 saturated heterocycles. The Kier molecular flexibility index (Phi) is 5.12. The predicted molar refractivity (Wildman–Crippen MR) is 109 cm³/mol. The van der Waals surface area contributed by atoms with Crippen LogP contribution in [0.2, 0.25) is 0 Å². The number of nitrogens with zero attached hydrogens (tertiary/aromatic N) is 4. The van der Waals surface area contributed by atoms with E-state index in [4.69, 9.17) is 4.74 Å². The summed E-state index contributed by atoms with van der Waals surface area (Å²) in [5.74, 6) is 0.925. The highest BCUT2D eigenvalue weighted by atomic mass is 16.5. The Bertz CT molecular complexity index is 920. The minimum atomic E-state index is -0.163. The summed E-state index contributed by atoms with van der Waals surface area (Å²) < 4.78 is 7.18. The molecule has 1 amide bonds. The highest BCUT2D eigenvalue weighted by Gasteiger charge is 2.32. The lowest BCUT2D eigenvalue weighted by Crippen LogP contribution is -2.55. The van der Waals surface area contributed by atoms with Crippen LogP contribution in [0.25, 0.3) is 5.69 Å². The summed E-state index contributed by atoms with van der Waals surface area (Å²) in [5, 5.41) is 0. The lowest BCUT2D eigenvalue weighted by Gasteiger charge is -2.39. The molecule has 0 aliphatic carbocycles. The Morgan fingerprint density at radius 1 is 1.04 bits per heavy atom. The first-order chi connectivity index (χ1) is 13.7. The van der Waals surface area contributed by atoms with Crippen LogP contribution in [0.1, 0.15) is 12.5 Å². The minimum Gasteiger partial charge on any atom is -0.497 e. The fourth-order valence-corrected chi connectivity index (χ4v) is 3.57. The van der Waals surface area contributed by atoms with E-state index in [2.05, 4.69) is 34.1 Å². The number of rotatable bonds is 5. The summed E-state index contributed by atoms with van der Waals surface area (Å²) in [6.07, 6.45) is 5.48. The van der Waals surface area contributed by atoms with Crippen molar-refractivity contribution in [2.75, 3.05) is 25.1 Å². The third-order valence-electron chi connectivity index (χ3n) is 5.29. The fourth-order valence-electron chi connectivity index (χ4n) is 3.57. The average molecular weight is 376 g/mol. The lowest BCUT2D eigenvalue weighted by atomic mass is 10.1. The summed E-state index contributed by atoms with van der Waals surface area (Å²) in [7, 11) is 1.64. The molecular weight excluding hydrogens is 352 g/mol. The van der Waals surface area contributed by atoms with Crippen LogP contribution in [0, 0.1) is 0 Å². The number of piperazine rings is 1. The van der Waals surface area contributed by atoms with Crippen molar-refractivity contribution in [3.8, 4) is 11.4 Å². The van der Waals surface area contributed by atoms with Crippen LogP contribution in [0.4, 0.5) is 5.69 Å². The second kappa shape index (κ2) is 7.86. The summed E-state index contributed by atoms with van der Waals surface area (Å²) >= 11 is 0. The van der Waals surface area contributed by atoms with Crippen molar-refractivity contribution >= 4 is 11.6 Å². The number of imidazole rings is 1. The number of carbonyl (C=O) groups excluding carboxylic acids is 1. The van der Waals surface area contributed by atoms with Gasteiger partial charge in [0, 0.05) is 43.4 Å². The smallest absolute Gasteiger partial charge is 0.244 e. The first-order valence-electron chi connectivity index (χ1n) is 9.42. The van der Waals surface area contributed by atoms with Crippen molar-refractivity contribution in [3.05, 3.63) is 72.8 Å². The largest absolute Gasteiger partial charge is 0.497 e. The number of benzene rings is 2. The molecule has 6 nitrogen and oxygen atoms in total. The number of methoxy groups -OCH3 is 1. The van der Waals surface area contributed by atoms with E-state index in [1.807, 2.05) is 46.9 Å². The van der Waals surface area contributed by atoms with E-state index in [-0.39, 0.29) is 11.9 Å². The highest BCUT2D eigenvalue weighted by molar-refractivity contribution is 5.97. The molecule has 0 radical (unpaired) electrons. The highest BCUT2D eigenvalue weighted by Crippen LogP contribution is 2.24. The third-order valence-corrected chi connectivity index (χ3v) is 5.29. The van der Waals surface area contributed by atoms with E-state index >= 15 is 0 Å². The van der Waals surface area contributed by atoms with Gasteiger partial charge in [-0.05, 0) is 48.9 Å². The Balaban J connectivity index is 1.42. The molecule has 0 unspecified atom stereocenters. The number of ether oxygens (including phenoxy) is 1. The van der Waals surface area contributed by atoms with Gasteiger partial charge in [-0.25, -0.2) is 4.98 Å².